The van der Waals surface area contributed by atoms with Gasteiger partial charge in [-0.2, -0.15) is 0 Å². The van der Waals surface area contributed by atoms with E-state index in [2.05, 4.69) is 72.9 Å². The van der Waals surface area contributed by atoms with Crippen molar-refractivity contribution in [2.24, 2.45) is 11.7 Å². The molecule has 2 aliphatic rings. The number of allylic oxidation sites excluding steroid dienone is 7. The Labute approximate surface area is 256 Å². The smallest absolute Gasteiger partial charge is 0.0684 e. The van der Waals surface area contributed by atoms with E-state index in [1.54, 1.807) is 6.20 Å². The molecule has 0 saturated carbocycles. The van der Waals surface area contributed by atoms with Crippen LogP contribution in [0.3, 0.4) is 0 Å². The van der Waals surface area contributed by atoms with E-state index in [0.29, 0.717) is 11.6 Å². The van der Waals surface area contributed by atoms with Crippen molar-refractivity contribution in [3.05, 3.63) is 172 Å². The first kappa shape index (κ1) is 30.8. The van der Waals surface area contributed by atoms with E-state index in [9.17, 15) is 0 Å². The number of hydrogen-bond donors (Lipinski definition) is 3. The van der Waals surface area contributed by atoms with Crippen LogP contribution in [0.15, 0.2) is 151 Å². The summed E-state index contributed by atoms with van der Waals surface area (Å²) < 4.78 is 0. The molecule has 216 valence electrons. The van der Waals surface area contributed by atoms with Crippen LogP contribution < -0.4 is 21.9 Å². The molecule has 6 rings (SSSR count). The molecule has 0 fully saturated rings. The van der Waals surface area contributed by atoms with Crippen molar-refractivity contribution >= 4 is 23.6 Å². The molecular weight excluding hydrogens is 522 g/mol. The maximum absolute atomic E-state index is 7.97. The first-order valence-electron chi connectivity index (χ1n) is 14.9. The molecule has 3 nitrogen and oxygen atoms in total. The van der Waals surface area contributed by atoms with E-state index in [0.717, 1.165) is 29.7 Å². The van der Waals surface area contributed by atoms with Crippen molar-refractivity contribution in [1.29, 1.82) is 5.41 Å². The maximum atomic E-state index is 7.97. The van der Waals surface area contributed by atoms with Crippen LogP contribution in [0.5, 0.6) is 0 Å². The summed E-state index contributed by atoms with van der Waals surface area (Å²) in [7, 11) is 0. The van der Waals surface area contributed by atoms with Gasteiger partial charge in [-0.1, -0.05) is 135 Å². The minimum Gasteiger partial charge on any atom is -0.405 e. The predicted molar refractivity (Wildman–Crippen MR) is 186 cm³/mol. The number of nitrogens with two attached hydrogens (primary N) is 2. The van der Waals surface area contributed by atoms with Gasteiger partial charge in [0.1, 0.15) is 0 Å². The normalized spacial score (nSPS) is 15.9. The van der Waals surface area contributed by atoms with Gasteiger partial charge in [0, 0.05) is 11.6 Å². The number of anilines is 1. The molecular formula is C40H41N3. The van der Waals surface area contributed by atoms with Gasteiger partial charge in [0.25, 0.3) is 0 Å². The van der Waals surface area contributed by atoms with Gasteiger partial charge in [-0.25, -0.2) is 0 Å². The second-order valence-electron chi connectivity index (χ2n) is 10.1. The van der Waals surface area contributed by atoms with E-state index in [-0.39, 0.29) is 0 Å². The molecule has 4 aromatic rings. The SMILES string of the molecule is CC.N/C=C\C(=C1\C=CC=CC1)C1C=c2cc(-c3ccc(N)cc3)ccc2=CC1.N=C(c1ccccc1)c1ccccc1. The van der Waals surface area contributed by atoms with E-state index in [1.807, 2.05) is 86.6 Å². The summed E-state index contributed by atoms with van der Waals surface area (Å²) in [5.41, 5.74) is 19.9. The summed E-state index contributed by atoms with van der Waals surface area (Å²) in [6.07, 6.45) is 19.0. The molecule has 0 saturated heterocycles. The van der Waals surface area contributed by atoms with Gasteiger partial charge in [-0.3, -0.25) is 5.41 Å². The molecule has 1 atom stereocenters. The Morgan fingerprint density at radius 1 is 0.767 bits per heavy atom. The topological polar surface area (TPSA) is 75.9 Å². The maximum Gasteiger partial charge on any atom is 0.0684 e. The number of benzene rings is 4. The highest BCUT2D eigenvalue weighted by atomic mass is 14.5. The van der Waals surface area contributed by atoms with Crippen molar-refractivity contribution in [2.45, 2.75) is 26.7 Å². The van der Waals surface area contributed by atoms with E-state index < -0.39 is 0 Å². The van der Waals surface area contributed by atoms with Crippen LogP contribution in [0.1, 0.15) is 37.8 Å². The lowest BCUT2D eigenvalue weighted by Crippen LogP contribution is -2.29. The molecule has 0 radical (unpaired) electrons. The molecule has 1 unspecified atom stereocenters. The first-order valence-corrected chi connectivity index (χ1v) is 14.9. The zero-order valence-corrected chi connectivity index (χ0v) is 25.1. The minimum absolute atomic E-state index is 0.338. The quantitative estimate of drug-likeness (QED) is 0.170. The zero-order chi connectivity index (χ0) is 30.4. The lowest BCUT2D eigenvalue weighted by Gasteiger charge is -2.20. The van der Waals surface area contributed by atoms with Crippen LogP contribution in [-0.4, -0.2) is 5.71 Å². The van der Waals surface area contributed by atoms with Crippen LogP contribution in [0.4, 0.5) is 5.69 Å². The summed E-state index contributed by atoms with van der Waals surface area (Å²) in [6.45, 7) is 4.00. The molecule has 0 spiro atoms. The number of rotatable bonds is 5. The zero-order valence-electron chi connectivity index (χ0n) is 25.1. The molecule has 3 heteroatoms. The average molecular weight is 564 g/mol. The summed E-state index contributed by atoms with van der Waals surface area (Å²) in [5, 5.41) is 10.5. The largest absolute Gasteiger partial charge is 0.405 e. The number of fused-ring (bicyclic) bond motifs is 1. The highest BCUT2D eigenvalue weighted by Gasteiger charge is 2.15. The molecule has 5 N–H and O–H groups in total. The Balaban J connectivity index is 0.000000222. The molecule has 0 aliphatic heterocycles. The van der Waals surface area contributed by atoms with Crippen molar-refractivity contribution in [3.63, 3.8) is 0 Å². The van der Waals surface area contributed by atoms with Crippen LogP contribution in [-0.2, 0) is 0 Å². The fraction of sp³-hybridized carbons (Fsp3) is 0.125. The van der Waals surface area contributed by atoms with Crippen LogP contribution >= 0.6 is 0 Å². The molecule has 0 amide bonds. The monoisotopic (exact) mass is 563 g/mol. The van der Waals surface area contributed by atoms with Crippen molar-refractivity contribution < 1.29 is 0 Å². The number of hydrogen-bond acceptors (Lipinski definition) is 3. The first-order chi connectivity index (χ1) is 21.1. The summed E-state index contributed by atoms with van der Waals surface area (Å²) in [6, 6.07) is 34.3. The minimum atomic E-state index is 0.338. The lowest BCUT2D eigenvalue weighted by molar-refractivity contribution is 0.838. The van der Waals surface area contributed by atoms with Crippen LogP contribution in [0.2, 0.25) is 0 Å². The average Bonchev–Trinajstić information content (AvgIpc) is 3.09. The van der Waals surface area contributed by atoms with Crippen molar-refractivity contribution in [1.82, 2.24) is 0 Å². The summed E-state index contributed by atoms with van der Waals surface area (Å²) in [5.74, 6) is 0.338. The standard InChI is InChI=1S/C25H24N2.C13H11N.C2H6/c26-15-14-25(20-4-2-1-3-5-20)22-9-7-19-6-8-21(16-23(19)17-22)18-10-12-24(27)13-11-18;14-13(11-7-3-1-4-8-11)12-9-5-2-6-10-12;1-2/h1-4,6-8,10-17,22H,5,9,26-27H2;1-10,14H;1-2H3/b15-14-,25-20+;;. The fourth-order valence-electron chi connectivity index (χ4n) is 5.19. The van der Waals surface area contributed by atoms with Crippen LogP contribution in [0, 0.1) is 11.3 Å². The third-order valence-electron chi connectivity index (χ3n) is 7.36. The Hall–Kier alpha value is -5.15. The van der Waals surface area contributed by atoms with E-state index >= 15 is 0 Å². The van der Waals surface area contributed by atoms with E-state index in [4.69, 9.17) is 16.9 Å². The van der Waals surface area contributed by atoms with Gasteiger partial charge in [-0.05, 0) is 87.2 Å². The molecule has 0 aromatic heterocycles. The second kappa shape index (κ2) is 15.7. The fourth-order valence-corrected chi connectivity index (χ4v) is 5.19. The third-order valence-corrected chi connectivity index (χ3v) is 7.36. The van der Waals surface area contributed by atoms with Gasteiger partial charge < -0.3 is 11.5 Å². The Morgan fingerprint density at radius 3 is 1.98 bits per heavy atom. The van der Waals surface area contributed by atoms with Gasteiger partial charge in [0.2, 0.25) is 0 Å². The Morgan fingerprint density at radius 2 is 1.40 bits per heavy atom. The summed E-state index contributed by atoms with van der Waals surface area (Å²) in [4.78, 5) is 0. The van der Waals surface area contributed by atoms with Crippen molar-refractivity contribution in [2.75, 3.05) is 5.73 Å². The molecule has 4 aromatic carbocycles. The Kier molecular flexibility index (Phi) is 11.3. The second-order valence-corrected chi connectivity index (χ2v) is 10.1. The number of nitrogens with one attached hydrogen (secondary N) is 1. The van der Waals surface area contributed by atoms with Crippen molar-refractivity contribution in [3.8, 4) is 11.1 Å². The molecule has 2 aliphatic carbocycles. The number of nitrogen functional groups attached to an aromatic ring is 1. The van der Waals surface area contributed by atoms with Crippen LogP contribution in [0.25, 0.3) is 23.3 Å². The van der Waals surface area contributed by atoms with Gasteiger partial charge >= 0.3 is 0 Å². The lowest BCUT2D eigenvalue weighted by atomic mass is 9.85. The van der Waals surface area contributed by atoms with Gasteiger partial charge in [-0.15, -0.1) is 0 Å². The third kappa shape index (κ3) is 8.21. The molecule has 0 bridgehead atoms. The molecule has 0 heterocycles. The van der Waals surface area contributed by atoms with Gasteiger partial charge in [0.05, 0.1) is 5.71 Å². The summed E-state index contributed by atoms with van der Waals surface area (Å²) >= 11 is 0. The highest BCUT2D eigenvalue weighted by molar-refractivity contribution is 6.10. The Bertz CT molecular complexity index is 1700. The van der Waals surface area contributed by atoms with Gasteiger partial charge in [0.15, 0.2) is 0 Å². The van der Waals surface area contributed by atoms with E-state index in [1.165, 1.54) is 32.7 Å². The predicted octanol–water partition coefficient (Wildman–Crippen LogP) is 7.93. The molecule has 43 heavy (non-hydrogen) atoms. The highest BCUT2D eigenvalue weighted by Crippen LogP contribution is 2.28.